The van der Waals surface area contributed by atoms with Crippen molar-refractivity contribution < 1.29 is 37.3 Å². The molecule has 0 aliphatic carbocycles. The van der Waals surface area contributed by atoms with Crippen molar-refractivity contribution in [3.63, 3.8) is 0 Å². The third-order valence-electron chi connectivity index (χ3n) is 6.86. The Balaban J connectivity index is 1.99. The molecule has 13 heteroatoms. The molecule has 0 saturated heterocycles. The molecular formula is C32H27F3N4O6. The summed E-state index contributed by atoms with van der Waals surface area (Å²) >= 11 is 0. The highest BCUT2D eigenvalue weighted by atomic mass is 19.4. The molecule has 0 saturated carbocycles. The molecule has 1 aliphatic heterocycles. The van der Waals surface area contributed by atoms with Crippen LogP contribution in [-0.2, 0) is 15.8 Å². The number of ketones is 1. The number of nitro benzene ring substituents is 1. The number of hydroxylamine groups is 2. The van der Waals surface area contributed by atoms with Gasteiger partial charge in [-0.05, 0) is 60.4 Å². The van der Waals surface area contributed by atoms with E-state index in [1.54, 1.807) is 20.8 Å². The van der Waals surface area contributed by atoms with Crippen LogP contribution in [0.1, 0.15) is 67.2 Å². The molecule has 232 valence electrons. The fourth-order valence-corrected chi connectivity index (χ4v) is 4.80. The normalized spacial score (nSPS) is 15.5. The van der Waals surface area contributed by atoms with Crippen LogP contribution in [0.5, 0.6) is 0 Å². The fourth-order valence-electron chi connectivity index (χ4n) is 4.80. The first-order chi connectivity index (χ1) is 21.0. The van der Waals surface area contributed by atoms with E-state index in [-0.39, 0.29) is 45.8 Å². The van der Waals surface area contributed by atoms with Crippen molar-refractivity contribution in [2.24, 2.45) is 5.41 Å². The molecule has 0 N–H and O–H groups in total. The maximum Gasteiger partial charge on any atom is 0.416 e. The summed E-state index contributed by atoms with van der Waals surface area (Å²) in [6, 6.07) is 13.8. The van der Waals surface area contributed by atoms with Crippen molar-refractivity contribution in [3.8, 4) is 6.07 Å². The fraction of sp³-hybridized carbons (Fsp3) is 0.250. The number of hydrogen-bond donors (Lipinski definition) is 0. The molecule has 0 radical (unpaired) electrons. The van der Waals surface area contributed by atoms with Crippen molar-refractivity contribution >= 4 is 29.2 Å². The molecule has 4 rings (SSSR count). The summed E-state index contributed by atoms with van der Waals surface area (Å²) in [6.45, 7) is 6.63. The third-order valence-corrected chi connectivity index (χ3v) is 6.86. The van der Waals surface area contributed by atoms with Gasteiger partial charge in [0.1, 0.15) is 6.04 Å². The molecule has 45 heavy (non-hydrogen) atoms. The Bertz CT molecular complexity index is 1740. The van der Waals surface area contributed by atoms with E-state index in [4.69, 9.17) is 4.84 Å². The Morgan fingerprint density at radius 3 is 2.18 bits per heavy atom. The zero-order valence-electron chi connectivity index (χ0n) is 24.6. The number of halogens is 3. The number of hydrogen-bond acceptors (Lipinski definition) is 7. The van der Waals surface area contributed by atoms with E-state index < -0.39 is 45.9 Å². The highest BCUT2D eigenvalue weighted by Crippen LogP contribution is 2.42. The second-order valence-corrected chi connectivity index (χ2v) is 11.5. The predicted molar refractivity (Wildman–Crippen MR) is 155 cm³/mol. The van der Waals surface area contributed by atoms with Crippen LogP contribution in [-0.4, -0.2) is 27.8 Å². The number of amides is 2. The Labute approximate surface area is 256 Å². The van der Waals surface area contributed by atoms with Crippen LogP contribution in [0.4, 0.5) is 29.3 Å². The Kier molecular flexibility index (Phi) is 8.81. The van der Waals surface area contributed by atoms with Crippen molar-refractivity contribution in [2.75, 3.05) is 4.90 Å². The number of non-ortho nitro benzene ring substituents is 1. The van der Waals surface area contributed by atoms with Gasteiger partial charge in [-0.25, -0.2) is 9.59 Å². The Morgan fingerprint density at radius 2 is 1.64 bits per heavy atom. The van der Waals surface area contributed by atoms with E-state index in [2.05, 4.69) is 0 Å². The number of rotatable bonds is 7. The largest absolute Gasteiger partial charge is 0.416 e. The summed E-state index contributed by atoms with van der Waals surface area (Å²) in [5.74, 6) is -1.58. The molecular weight excluding hydrogens is 593 g/mol. The van der Waals surface area contributed by atoms with E-state index >= 15 is 0 Å². The van der Waals surface area contributed by atoms with E-state index in [0.29, 0.717) is 5.06 Å². The number of carbonyl (C=O) groups excluding carboxylic acids is 3. The highest BCUT2D eigenvalue weighted by Gasteiger charge is 2.46. The van der Waals surface area contributed by atoms with Gasteiger partial charge in [0.2, 0.25) is 0 Å². The van der Waals surface area contributed by atoms with Gasteiger partial charge >= 0.3 is 18.2 Å². The summed E-state index contributed by atoms with van der Waals surface area (Å²) in [5.41, 5.74) is -1.94. The van der Waals surface area contributed by atoms with E-state index in [1.165, 1.54) is 49.4 Å². The lowest BCUT2D eigenvalue weighted by atomic mass is 9.88. The average molecular weight is 621 g/mol. The maximum absolute atomic E-state index is 14.2. The Morgan fingerprint density at radius 1 is 1.02 bits per heavy atom. The number of alkyl halides is 3. The van der Waals surface area contributed by atoms with Gasteiger partial charge in [-0.1, -0.05) is 39.0 Å². The van der Waals surface area contributed by atoms with Gasteiger partial charge in [-0.2, -0.15) is 18.4 Å². The zero-order chi connectivity index (χ0) is 33.3. The van der Waals surface area contributed by atoms with Gasteiger partial charge in [0, 0.05) is 23.4 Å². The summed E-state index contributed by atoms with van der Waals surface area (Å²) in [7, 11) is 0. The number of nitrogens with zero attached hydrogens (tertiary/aromatic N) is 4. The summed E-state index contributed by atoms with van der Waals surface area (Å²) in [4.78, 5) is 58.5. The lowest BCUT2D eigenvalue weighted by molar-refractivity contribution is -0.384. The van der Waals surface area contributed by atoms with Crippen molar-refractivity contribution in [1.82, 2.24) is 5.06 Å². The van der Waals surface area contributed by atoms with Crippen molar-refractivity contribution in [3.05, 3.63) is 116 Å². The van der Waals surface area contributed by atoms with Crippen LogP contribution in [0.2, 0.25) is 0 Å². The minimum absolute atomic E-state index is 0.0343. The first kappa shape index (κ1) is 32.4. The smallest absolute Gasteiger partial charge is 0.336 e. The van der Waals surface area contributed by atoms with E-state index in [9.17, 15) is 42.9 Å². The SMILES string of the molecule is CC1=C(C(=O)c2ccc([N+](=O)[O-])cc2)C(c2ccc(C#N)cc2)N(OC(=O)CC(C)(C)C)C(=O)N1c1cccc(C(F)(F)F)c1. The Hall–Kier alpha value is -5.51. The molecule has 1 atom stereocenters. The second-order valence-electron chi connectivity index (χ2n) is 11.5. The molecule has 0 bridgehead atoms. The molecule has 1 unspecified atom stereocenters. The van der Waals surface area contributed by atoms with Gasteiger partial charge in [0.25, 0.3) is 5.69 Å². The molecule has 1 heterocycles. The van der Waals surface area contributed by atoms with Gasteiger partial charge < -0.3 is 4.84 Å². The van der Waals surface area contributed by atoms with Crippen LogP contribution < -0.4 is 4.90 Å². The molecule has 0 aromatic heterocycles. The number of anilines is 1. The molecule has 0 spiro atoms. The molecule has 3 aromatic rings. The van der Waals surface area contributed by atoms with Gasteiger partial charge in [-0.3, -0.25) is 19.8 Å². The first-order valence-electron chi connectivity index (χ1n) is 13.5. The quantitative estimate of drug-likeness (QED) is 0.151. The van der Waals surface area contributed by atoms with Crippen LogP contribution in [0, 0.1) is 26.9 Å². The summed E-state index contributed by atoms with van der Waals surface area (Å²) in [6.07, 6.45) is -4.91. The van der Waals surface area contributed by atoms with E-state index in [1.807, 2.05) is 6.07 Å². The minimum Gasteiger partial charge on any atom is -0.336 e. The van der Waals surface area contributed by atoms with E-state index in [0.717, 1.165) is 35.2 Å². The van der Waals surface area contributed by atoms with Gasteiger partial charge in [0.05, 0.1) is 39.8 Å². The predicted octanol–water partition coefficient (Wildman–Crippen LogP) is 7.52. The second kappa shape index (κ2) is 12.2. The third kappa shape index (κ3) is 7.01. The standard InChI is InChI=1S/C32H27F3N4O6/c1-19-27(29(41)22-12-14-24(15-13-22)39(43)44)28(21-10-8-20(18-36)9-11-21)38(45-26(40)17-31(2,3)4)30(42)37(19)25-7-5-6-23(16-25)32(33,34)35/h5-16,28H,17H2,1-4H3. The van der Waals surface area contributed by atoms with Crippen molar-refractivity contribution in [2.45, 2.75) is 46.3 Å². The van der Waals surface area contributed by atoms with Crippen LogP contribution in [0.15, 0.2) is 84.1 Å². The molecule has 0 fully saturated rings. The lowest BCUT2D eigenvalue weighted by Gasteiger charge is -2.41. The number of nitro groups is 1. The molecule has 10 nitrogen and oxygen atoms in total. The number of allylic oxidation sites excluding steroid dienone is 1. The number of urea groups is 1. The average Bonchev–Trinajstić information content (AvgIpc) is 2.97. The van der Waals surface area contributed by atoms with Crippen LogP contribution >= 0.6 is 0 Å². The number of Topliss-reactive ketones (excluding diaryl/α,β-unsaturated/α-hetero) is 1. The molecule has 3 aromatic carbocycles. The number of benzene rings is 3. The van der Waals surface area contributed by atoms with Crippen LogP contribution in [0.3, 0.4) is 0 Å². The number of nitriles is 1. The molecule has 2 amide bonds. The first-order valence-corrected chi connectivity index (χ1v) is 13.5. The van der Waals surface area contributed by atoms with Crippen molar-refractivity contribution in [1.29, 1.82) is 5.26 Å². The van der Waals surface area contributed by atoms with Crippen LogP contribution in [0.25, 0.3) is 0 Å². The molecule has 1 aliphatic rings. The highest BCUT2D eigenvalue weighted by molar-refractivity contribution is 6.13. The topological polar surface area (TPSA) is 134 Å². The van der Waals surface area contributed by atoms with Gasteiger partial charge in [-0.15, -0.1) is 5.06 Å². The summed E-state index contributed by atoms with van der Waals surface area (Å²) < 4.78 is 41.0. The minimum atomic E-state index is -4.76. The van der Waals surface area contributed by atoms with Gasteiger partial charge in [0.15, 0.2) is 5.78 Å². The summed E-state index contributed by atoms with van der Waals surface area (Å²) in [5, 5.41) is 21.2. The number of carbonyl (C=O) groups is 3. The zero-order valence-corrected chi connectivity index (χ0v) is 24.6. The maximum atomic E-state index is 14.2. The lowest BCUT2D eigenvalue weighted by Crippen LogP contribution is -2.51. The monoisotopic (exact) mass is 620 g/mol.